The van der Waals surface area contributed by atoms with Crippen molar-refractivity contribution in [1.82, 2.24) is 19.9 Å². The number of amides is 1. The number of carbonyl (C=O) groups excluding carboxylic acids is 1. The van der Waals surface area contributed by atoms with Gasteiger partial charge in [-0.05, 0) is 24.5 Å². The highest BCUT2D eigenvalue weighted by atomic mass is 32.2. The first-order valence-electron chi connectivity index (χ1n) is 7.76. The molecule has 7 nitrogen and oxygen atoms in total. The highest BCUT2D eigenvalue weighted by Gasteiger charge is 2.25. The number of thioether (sulfide) groups is 1. The molecular formula is C16H20N6OS. The molecule has 4 N–H and O–H groups in total. The molecular weight excluding hydrogens is 324 g/mol. The third kappa shape index (κ3) is 3.76. The number of nitrogens with zero attached hydrogens (tertiary/aromatic N) is 4. The monoisotopic (exact) mass is 344 g/mol. The number of anilines is 2. The molecule has 24 heavy (non-hydrogen) atoms. The minimum Gasteiger partial charge on any atom is -0.368 e. The summed E-state index contributed by atoms with van der Waals surface area (Å²) in [5.74, 6) is 1.29. The Labute approximate surface area is 144 Å². The van der Waals surface area contributed by atoms with Crippen LogP contribution in [0, 0.1) is 0 Å². The van der Waals surface area contributed by atoms with Gasteiger partial charge in [0.25, 0.3) is 0 Å². The van der Waals surface area contributed by atoms with Crippen LogP contribution in [0.1, 0.15) is 23.9 Å². The summed E-state index contributed by atoms with van der Waals surface area (Å²) in [6.45, 7) is 3.33. The van der Waals surface area contributed by atoms with Gasteiger partial charge >= 0.3 is 0 Å². The second-order valence-corrected chi connectivity index (χ2v) is 7.03. The molecule has 1 aromatic carbocycles. The molecule has 0 aliphatic carbocycles. The number of fused-ring (bicyclic) bond motifs is 1. The zero-order valence-corrected chi connectivity index (χ0v) is 14.3. The largest absolute Gasteiger partial charge is 0.368 e. The van der Waals surface area contributed by atoms with E-state index in [1.54, 1.807) is 0 Å². The SMILES string of the molecule is CC(SCc1nc(N)nc(N)n1)C(=O)N1CCc2ccccc2C1. The molecule has 1 aliphatic rings. The van der Waals surface area contributed by atoms with Gasteiger partial charge in [-0.25, -0.2) is 0 Å². The van der Waals surface area contributed by atoms with Gasteiger partial charge in [-0.15, -0.1) is 11.8 Å². The molecule has 3 rings (SSSR count). The number of nitrogens with two attached hydrogens (primary N) is 2. The lowest BCUT2D eigenvalue weighted by Gasteiger charge is -2.30. The van der Waals surface area contributed by atoms with E-state index in [1.807, 2.05) is 24.0 Å². The number of rotatable bonds is 4. The third-order valence-electron chi connectivity index (χ3n) is 3.97. The van der Waals surface area contributed by atoms with Crippen molar-refractivity contribution in [3.8, 4) is 0 Å². The van der Waals surface area contributed by atoms with Crippen LogP contribution in [0.15, 0.2) is 24.3 Å². The smallest absolute Gasteiger partial charge is 0.235 e. The number of hydrogen-bond donors (Lipinski definition) is 2. The van der Waals surface area contributed by atoms with Crippen LogP contribution in [-0.4, -0.2) is 37.6 Å². The van der Waals surface area contributed by atoms with Gasteiger partial charge in [-0.1, -0.05) is 24.3 Å². The fourth-order valence-electron chi connectivity index (χ4n) is 2.73. The Morgan fingerprint density at radius 3 is 2.58 bits per heavy atom. The molecule has 0 bridgehead atoms. The van der Waals surface area contributed by atoms with Crippen molar-refractivity contribution in [2.45, 2.75) is 30.9 Å². The Morgan fingerprint density at radius 1 is 1.21 bits per heavy atom. The zero-order valence-electron chi connectivity index (χ0n) is 13.5. The van der Waals surface area contributed by atoms with Gasteiger partial charge in [0.05, 0.1) is 11.0 Å². The lowest BCUT2D eigenvalue weighted by molar-refractivity contribution is -0.131. The molecule has 0 saturated carbocycles. The second kappa shape index (κ2) is 7.04. The molecule has 8 heteroatoms. The zero-order chi connectivity index (χ0) is 17.1. The van der Waals surface area contributed by atoms with Gasteiger partial charge < -0.3 is 16.4 Å². The Morgan fingerprint density at radius 2 is 1.88 bits per heavy atom. The van der Waals surface area contributed by atoms with Crippen molar-refractivity contribution >= 4 is 29.6 Å². The van der Waals surface area contributed by atoms with E-state index in [2.05, 4.69) is 27.1 Å². The normalized spacial score (nSPS) is 15.0. The van der Waals surface area contributed by atoms with Crippen LogP contribution in [0.5, 0.6) is 0 Å². The Balaban J connectivity index is 1.59. The predicted molar refractivity (Wildman–Crippen MR) is 95.0 cm³/mol. The van der Waals surface area contributed by atoms with Gasteiger partial charge in [-0.3, -0.25) is 4.79 Å². The average molecular weight is 344 g/mol. The summed E-state index contributed by atoms with van der Waals surface area (Å²) in [4.78, 5) is 26.4. The summed E-state index contributed by atoms with van der Waals surface area (Å²) in [5, 5.41) is -0.186. The van der Waals surface area contributed by atoms with Crippen molar-refractivity contribution in [2.75, 3.05) is 18.0 Å². The summed E-state index contributed by atoms with van der Waals surface area (Å²) in [5.41, 5.74) is 13.7. The molecule has 1 unspecified atom stereocenters. The Hall–Kier alpha value is -2.35. The number of carbonyl (C=O) groups is 1. The van der Waals surface area contributed by atoms with Gasteiger partial charge in [0.2, 0.25) is 17.8 Å². The maximum absolute atomic E-state index is 12.7. The number of hydrogen-bond acceptors (Lipinski definition) is 7. The van der Waals surface area contributed by atoms with Crippen LogP contribution in [0.3, 0.4) is 0 Å². The standard InChI is InChI=1S/C16H20N6OS/c1-10(24-9-13-19-15(17)21-16(18)20-13)14(23)22-7-6-11-4-2-3-5-12(11)8-22/h2-5,10H,6-9H2,1H3,(H4,17,18,19,20,21). The first-order valence-corrected chi connectivity index (χ1v) is 8.81. The van der Waals surface area contributed by atoms with Crippen molar-refractivity contribution in [3.05, 3.63) is 41.2 Å². The molecule has 1 amide bonds. The molecule has 1 aromatic heterocycles. The second-order valence-electron chi connectivity index (χ2n) is 5.70. The van der Waals surface area contributed by atoms with E-state index >= 15 is 0 Å². The van der Waals surface area contributed by atoms with Gasteiger partial charge in [-0.2, -0.15) is 15.0 Å². The quantitative estimate of drug-likeness (QED) is 0.858. The highest BCUT2D eigenvalue weighted by Crippen LogP contribution is 2.23. The first-order chi connectivity index (χ1) is 11.5. The van der Waals surface area contributed by atoms with Crippen LogP contribution in [0.25, 0.3) is 0 Å². The molecule has 0 fully saturated rings. The molecule has 2 heterocycles. The highest BCUT2D eigenvalue weighted by molar-refractivity contribution is 7.99. The summed E-state index contributed by atoms with van der Waals surface area (Å²) in [7, 11) is 0. The van der Waals surface area contributed by atoms with E-state index in [1.165, 1.54) is 22.9 Å². The summed E-state index contributed by atoms with van der Waals surface area (Å²) >= 11 is 1.47. The van der Waals surface area contributed by atoms with Gasteiger partial charge in [0, 0.05) is 13.1 Å². The predicted octanol–water partition coefficient (Wildman–Crippen LogP) is 1.24. The van der Waals surface area contributed by atoms with E-state index in [0.717, 1.165) is 13.0 Å². The van der Waals surface area contributed by atoms with E-state index in [-0.39, 0.29) is 23.1 Å². The van der Waals surface area contributed by atoms with E-state index in [4.69, 9.17) is 11.5 Å². The maximum atomic E-state index is 12.7. The van der Waals surface area contributed by atoms with Crippen LogP contribution < -0.4 is 11.5 Å². The Bertz CT molecular complexity index is 733. The van der Waals surface area contributed by atoms with Gasteiger partial charge in [0.1, 0.15) is 5.82 Å². The third-order valence-corrected chi connectivity index (χ3v) is 5.10. The first kappa shape index (κ1) is 16.5. The summed E-state index contributed by atoms with van der Waals surface area (Å²) < 4.78 is 0. The van der Waals surface area contributed by atoms with E-state index in [9.17, 15) is 4.79 Å². The van der Waals surface area contributed by atoms with Crippen molar-refractivity contribution < 1.29 is 4.79 Å². The van der Waals surface area contributed by atoms with E-state index in [0.29, 0.717) is 18.1 Å². The lowest BCUT2D eigenvalue weighted by atomic mass is 10.00. The van der Waals surface area contributed by atoms with Crippen molar-refractivity contribution in [3.63, 3.8) is 0 Å². The fourth-order valence-corrected chi connectivity index (χ4v) is 3.55. The van der Waals surface area contributed by atoms with E-state index < -0.39 is 0 Å². The van der Waals surface area contributed by atoms with Crippen LogP contribution in [0.4, 0.5) is 11.9 Å². The number of nitrogen functional groups attached to an aromatic ring is 2. The number of benzene rings is 1. The molecule has 0 saturated heterocycles. The summed E-state index contributed by atoms with van der Waals surface area (Å²) in [6.07, 6.45) is 0.903. The molecule has 2 aromatic rings. The molecule has 0 radical (unpaired) electrons. The molecule has 1 atom stereocenters. The van der Waals surface area contributed by atoms with Crippen LogP contribution in [-0.2, 0) is 23.5 Å². The van der Waals surface area contributed by atoms with Crippen molar-refractivity contribution in [1.29, 1.82) is 0 Å². The van der Waals surface area contributed by atoms with Crippen LogP contribution >= 0.6 is 11.8 Å². The maximum Gasteiger partial charge on any atom is 0.235 e. The average Bonchev–Trinajstić information content (AvgIpc) is 2.57. The number of aromatic nitrogens is 3. The molecule has 126 valence electrons. The minimum atomic E-state index is -0.186. The van der Waals surface area contributed by atoms with Gasteiger partial charge in [0.15, 0.2) is 0 Å². The fraction of sp³-hybridized carbons (Fsp3) is 0.375. The van der Waals surface area contributed by atoms with Crippen LogP contribution in [0.2, 0.25) is 0 Å². The molecule has 0 spiro atoms. The molecule has 1 aliphatic heterocycles. The summed E-state index contributed by atoms with van der Waals surface area (Å²) in [6, 6.07) is 8.27. The lowest BCUT2D eigenvalue weighted by Crippen LogP contribution is -2.40. The topological polar surface area (TPSA) is 111 Å². The van der Waals surface area contributed by atoms with Crippen molar-refractivity contribution in [2.24, 2.45) is 0 Å². The minimum absolute atomic E-state index is 0.102. The Kier molecular flexibility index (Phi) is 4.84.